The maximum atomic E-state index is 5.75. The van der Waals surface area contributed by atoms with Crippen molar-refractivity contribution in [2.75, 3.05) is 39.6 Å². The normalized spacial score (nSPS) is 11.0. The highest BCUT2D eigenvalue weighted by Gasteiger charge is 2.17. The minimum Gasteiger partial charge on any atom is -0.491 e. The van der Waals surface area contributed by atoms with Crippen LogP contribution in [0.5, 0.6) is 11.5 Å². The van der Waals surface area contributed by atoms with Crippen molar-refractivity contribution in [2.24, 2.45) is 0 Å². The monoisotopic (exact) mass is 922 g/mol. The fraction of sp³-hybridized carbons (Fsp3) is 0.211. The number of halogens is 2. The van der Waals surface area contributed by atoms with Crippen molar-refractivity contribution in [1.29, 1.82) is 0 Å². The summed E-state index contributed by atoms with van der Waals surface area (Å²) in [6.07, 6.45) is 6.97. The van der Waals surface area contributed by atoms with E-state index in [0.29, 0.717) is 64.1 Å². The van der Waals surface area contributed by atoms with Gasteiger partial charge in [0.2, 0.25) is 0 Å². The maximum absolute atomic E-state index is 5.75. The fourth-order valence-corrected chi connectivity index (χ4v) is 6.47. The molecule has 0 saturated carbocycles. The van der Waals surface area contributed by atoms with E-state index < -0.39 is 0 Å². The van der Waals surface area contributed by atoms with Crippen LogP contribution in [0.4, 0.5) is 0 Å². The Morgan fingerprint density at radius 1 is 0.577 bits per heavy atom. The van der Waals surface area contributed by atoms with E-state index in [-0.39, 0.29) is 0 Å². The average molecular weight is 923 g/mol. The zero-order valence-corrected chi connectivity index (χ0v) is 32.6. The van der Waals surface area contributed by atoms with Gasteiger partial charge in [0.25, 0.3) is 0 Å². The molecule has 0 atom stereocenters. The first kappa shape index (κ1) is 37.2. The third-order valence-electron chi connectivity index (χ3n) is 7.65. The molecule has 0 fully saturated rings. The molecule has 0 bridgehead atoms. The van der Waals surface area contributed by atoms with Crippen LogP contribution in [0.1, 0.15) is 11.1 Å². The molecule has 2 aromatic carbocycles. The standard InChI is InChI=1S/C38H36I2N8O4/c1-3-17-49-19-21-51-31-9-5-27(6-10-31)25-47-37(39)35(43-45-47)29-13-15-41-33(23-29)34-24-30(14-16-42-34)36-38(40)48(46-44-36)26-28-7-11-32(12-8-28)52-22-20-50-18-4-2/h3-16,23-24H,1-2,17-22,25-26H2. The first-order valence-electron chi connectivity index (χ1n) is 16.4. The predicted molar refractivity (Wildman–Crippen MR) is 215 cm³/mol. The molecular formula is C38H36I2N8O4. The van der Waals surface area contributed by atoms with Crippen LogP contribution in [0.3, 0.4) is 0 Å². The molecule has 12 nitrogen and oxygen atoms in total. The molecule has 0 unspecified atom stereocenters. The fourth-order valence-electron chi connectivity index (χ4n) is 5.09. The van der Waals surface area contributed by atoms with E-state index >= 15 is 0 Å². The number of hydrogen-bond acceptors (Lipinski definition) is 10. The van der Waals surface area contributed by atoms with E-state index in [0.717, 1.165) is 52.5 Å². The number of pyridine rings is 2. The predicted octanol–water partition coefficient (Wildman–Crippen LogP) is 7.13. The number of benzene rings is 2. The molecule has 0 radical (unpaired) electrons. The van der Waals surface area contributed by atoms with Crippen LogP contribution in [-0.4, -0.2) is 79.6 Å². The van der Waals surface area contributed by atoms with Gasteiger partial charge in [-0.25, -0.2) is 9.36 Å². The van der Waals surface area contributed by atoms with E-state index in [1.807, 2.05) is 82.2 Å². The third kappa shape index (κ3) is 9.87. The minimum absolute atomic E-state index is 0.480. The van der Waals surface area contributed by atoms with Crippen molar-refractivity contribution in [3.63, 3.8) is 0 Å². The van der Waals surface area contributed by atoms with Gasteiger partial charge >= 0.3 is 0 Å². The summed E-state index contributed by atoms with van der Waals surface area (Å²) in [5, 5.41) is 17.9. The Hall–Kier alpha value is -4.52. The lowest BCUT2D eigenvalue weighted by Gasteiger charge is -2.08. The van der Waals surface area contributed by atoms with Crippen LogP contribution < -0.4 is 9.47 Å². The Labute approximate surface area is 329 Å². The van der Waals surface area contributed by atoms with E-state index in [1.54, 1.807) is 24.5 Å². The number of ether oxygens (including phenoxy) is 4. The van der Waals surface area contributed by atoms with Crippen LogP contribution in [0.2, 0.25) is 0 Å². The van der Waals surface area contributed by atoms with E-state index in [9.17, 15) is 0 Å². The quantitative estimate of drug-likeness (QED) is 0.0471. The molecule has 266 valence electrons. The second-order valence-corrected chi connectivity index (χ2v) is 13.4. The van der Waals surface area contributed by atoms with Gasteiger partial charge in [0.05, 0.1) is 50.9 Å². The number of nitrogens with zero attached hydrogens (tertiary/aromatic N) is 8. The second-order valence-electron chi connectivity index (χ2n) is 11.3. The van der Waals surface area contributed by atoms with Gasteiger partial charge in [-0.2, -0.15) is 0 Å². The van der Waals surface area contributed by atoms with Gasteiger partial charge in [0, 0.05) is 23.5 Å². The summed E-state index contributed by atoms with van der Waals surface area (Å²) >= 11 is 4.58. The lowest BCUT2D eigenvalue weighted by molar-refractivity contribution is 0.121. The zero-order valence-electron chi connectivity index (χ0n) is 28.3. The molecule has 6 rings (SSSR count). The van der Waals surface area contributed by atoms with Crippen molar-refractivity contribution in [1.82, 2.24) is 40.0 Å². The molecule has 6 aromatic rings. The Balaban J connectivity index is 1.10. The summed E-state index contributed by atoms with van der Waals surface area (Å²) in [7, 11) is 0. The topological polar surface area (TPSA) is 124 Å². The van der Waals surface area contributed by atoms with Gasteiger partial charge in [-0.1, -0.05) is 46.8 Å². The summed E-state index contributed by atoms with van der Waals surface area (Å²) in [5.74, 6) is 1.58. The van der Waals surface area contributed by atoms with Crippen LogP contribution in [-0.2, 0) is 22.6 Å². The lowest BCUT2D eigenvalue weighted by atomic mass is 10.1. The Bertz CT molecular complexity index is 1930. The van der Waals surface area contributed by atoms with Crippen molar-refractivity contribution < 1.29 is 18.9 Å². The Morgan fingerprint density at radius 2 is 1.00 bits per heavy atom. The average Bonchev–Trinajstić information content (AvgIpc) is 3.73. The lowest BCUT2D eigenvalue weighted by Crippen LogP contribution is -2.07. The van der Waals surface area contributed by atoms with E-state index in [1.165, 1.54) is 0 Å². The summed E-state index contributed by atoms with van der Waals surface area (Å²) in [4.78, 5) is 9.26. The molecule has 4 heterocycles. The van der Waals surface area contributed by atoms with Crippen LogP contribution in [0.25, 0.3) is 33.9 Å². The van der Waals surface area contributed by atoms with Gasteiger partial charge in [-0.05, 0) is 105 Å². The Morgan fingerprint density at radius 3 is 1.40 bits per heavy atom. The maximum Gasteiger partial charge on any atom is 0.127 e. The molecule has 0 amide bonds. The zero-order chi connectivity index (χ0) is 36.1. The number of rotatable bonds is 19. The molecule has 14 heteroatoms. The van der Waals surface area contributed by atoms with Crippen LogP contribution >= 0.6 is 45.2 Å². The van der Waals surface area contributed by atoms with Crippen molar-refractivity contribution in [3.05, 3.63) is 129 Å². The van der Waals surface area contributed by atoms with Crippen molar-refractivity contribution in [3.8, 4) is 45.4 Å². The van der Waals surface area contributed by atoms with Crippen LogP contribution in [0, 0.1) is 7.40 Å². The third-order valence-corrected chi connectivity index (χ3v) is 9.79. The van der Waals surface area contributed by atoms with E-state index in [4.69, 9.17) is 18.9 Å². The van der Waals surface area contributed by atoms with Gasteiger partial charge in [0.15, 0.2) is 0 Å². The van der Waals surface area contributed by atoms with Crippen molar-refractivity contribution in [2.45, 2.75) is 13.1 Å². The molecule has 0 saturated heterocycles. The molecular weight excluding hydrogens is 886 g/mol. The van der Waals surface area contributed by atoms with Gasteiger partial charge < -0.3 is 18.9 Å². The smallest absolute Gasteiger partial charge is 0.127 e. The minimum atomic E-state index is 0.480. The molecule has 0 aliphatic rings. The number of hydrogen-bond donors (Lipinski definition) is 0. The van der Waals surface area contributed by atoms with Gasteiger partial charge in [-0.3, -0.25) is 9.97 Å². The van der Waals surface area contributed by atoms with E-state index in [2.05, 4.69) is 88.9 Å². The molecule has 4 aromatic heterocycles. The van der Waals surface area contributed by atoms with Gasteiger partial charge in [-0.15, -0.1) is 23.4 Å². The van der Waals surface area contributed by atoms with Gasteiger partial charge in [0.1, 0.15) is 43.5 Å². The highest BCUT2D eigenvalue weighted by molar-refractivity contribution is 14.1. The summed E-state index contributed by atoms with van der Waals surface area (Å²) in [6.45, 7) is 11.4. The highest BCUT2D eigenvalue weighted by atomic mass is 127. The first-order chi connectivity index (χ1) is 25.5. The highest BCUT2D eigenvalue weighted by Crippen LogP contribution is 2.29. The second kappa shape index (κ2) is 18.8. The van der Waals surface area contributed by atoms with Crippen molar-refractivity contribution >= 4 is 45.2 Å². The van der Waals surface area contributed by atoms with Crippen LogP contribution in [0.15, 0.2) is 111 Å². The summed E-state index contributed by atoms with van der Waals surface area (Å²) in [5.41, 5.74) is 6.93. The summed E-state index contributed by atoms with van der Waals surface area (Å²) in [6, 6.07) is 23.7. The summed E-state index contributed by atoms with van der Waals surface area (Å²) < 4.78 is 27.8. The molecule has 0 aliphatic heterocycles. The SMILES string of the molecule is C=CCOCCOc1ccc(Cn2nnc(-c3ccnc(-c4cc(-c5nnn(Cc6ccc(OCCOCC=C)cc6)c5I)ccn4)c3)c2I)cc1. The number of aromatic nitrogens is 8. The Kier molecular flexibility index (Phi) is 13.5. The molecule has 0 N–H and O–H groups in total. The molecule has 0 spiro atoms. The largest absolute Gasteiger partial charge is 0.491 e. The first-order valence-corrected chi connectivity index (χ1v) is 18.6. The molecule has 52 heavy (non-hydrogen) atoms. The molecule has 0 aliphatic carbocycles.